The van der Waals surface area contributed by atoms with Gasteiger partial charge in [-0.15, -0.1) is 0 Å². The number of amides is 2. The number of rotatable bonds is 14. The molecule has 0 aliphatic heterocycles. The largest absolute Gasteiger partial charge is 0.354 e. The molecule has 0 aliphatic rings. The molecule has 4 aromatic carbocycles. The van der Waals surface area contributed by atoms with Crippen LogP contribution in [0.1, 0.15) is 42.5 Å². The van der Waals surface area contributed by atoms with Gasteiger partial charge in [-0.1, -0.05) is 105 Å². The standard InChI is InChI=1S/C36H41N3O4S/c1-4-24-37-36(41)34(25-29-17-8-6-9-18-29)38(26-31-20-13-12-16-28(31)3)35(40)27-39(33-23-15-14-19-30(33)5-2)44(42,43)32-21-10-7-11-22-32/h6-23,34H,4-5,24-27H2,1-3H3,(H,37,41)/t34-/m0/s1. The maximum absolute atomic E-state index is 14.6. The van der Waals surface area contributed by atoms with Crippen LogP contribution < -0.4 is 9.62 Å². The zero-order valence-electron chi connectivity index (χ0n) is 25.6. The zero-order chi connectivity index (χ0) is 31.5. The fourth-order valence-corrected chi connectivity index (χ4v) is 6.65. The SMILES string of the molecule is CCCNC(=O)[C@H](Cc1ccccc1)N(Cc1ccccc1C)C(=O)CN(c1ccccc1CC)S(=O)(=O)c1ccccc1. The van der Waals surface area contributed by atoms with E-state index in [1.807, 2.05) is 87.5 Å². The highest BCUT2D eigenvalue weighted by molar-refractivity contribution is 7.92. The molecule has 0 aromatic heterocycles. The van der Waals surface area contributed by atoms with Gasteiger partial charge in [-0.25, -0.2) is 8.42 Å². The van der Waals surface area contributed by atoms with Crippen LogP contribution >= 0.6 is 0 Å². The molecule has 0 saturated heterocycles. The summed E-state index contributed by atoms with van der Waals surface area (Å²) in [5.41, 5.74) is 4.00. The summed E-state index contributed by atoms with van der Waals surface area (Å²) >= 11 is 0. The summed E-state index contributed by atoms with van der Waals surface area (Å²) in [6.45, 7) is 6.04. The predicted octanol–water partition coefficient (Wildman–Crippen LogP) is 5.92. The van der Waals surface area contributed by atoms with E-state index in [1.54, 1.807) is 35.2 Å². The Morgan fingerprint density at radius 2 is 1.36 bits per heavy atom. The van der Waals surface area contributed by atoms with E-state index in [4.69, 9.17) is 0 Å². The maximum Gasteiger partial charge on any atom is 0.264 e. The topological polar surface area (TPSA) is 86.8 Å². The van der Waals surface area contributed by atoms with Crippen LogP contribution in [0.3, 0.4) is 0 Å². The number of hydrogen-bond acceptors (Lipinski definition) is 4. The fraction of sp³-hybridized carbons (Fsp3) is 0.278. The van der Waals surface area contributed by atoms with Crippen LogP contribution in [0.4, 0.5) is 5.69 Å². The van der Waals surface area contributed by atoms with Crippen molar-refractivity contribution >= 4 is 27.5 Å². The van der Waals surface area contributed by atoms with E-state index in [2.05, 4.69) is 5.32 Å². The van der Waals surface area contributed by atoms with Crippen molar-refractivity contribution in [2.45, 2.75) is 57.5 Å². The third-order valence-corrected chi connectivity index (χ3v) is 9.45. The van der Waals surface area contributed by atoms with Crippen LogP contribution in [0, 0.1) is 6.92 Å². The minimum atomic E-state index is -4.13. The second kappa shape index (κ2) is 15.3. The molecule has 230 valence electrons. The number of nitrogens with one attached hydrogen (secondary N) is 1. The second-order valence-corrected chi connectivity index (χ2v) is 12.6. The third-order valence-electron chi connectivity index (χ3n) is 7.67. The highest BCUT2D eigenvalue weighted by Crippen LogP contribution is 2.28. The van der Waals surface area contributed by atoms with Gasteiger partial charge in [0.1, 0.15) is 12.6 Å². The summed E-state index contributed by atoms with van der Waals surface area (Å²) in [5.74, 6) is -0.740. The van der Waals surface area contributed by atoms with Gasteiger partial charge >= 0.3 is 0 Å². The molecule has 0 aliphatic carbocycles. The van der Waals surface area contributed by atoms with Gasteiger partial charge in [-0.3, -0.25) is 13.9 Å². The first-order valence-electron chi connectivity index (χ1n) is 15.1. The average molecular weight is 612 g/mol. The molecule has 0 spiro atoms. The number of para-hydroxylation sites is 1. The molecule has 0 unspecified atom stereocenters. The van der Waals surface area contributed by atoms with E-state index < -0.39 is 28.5 Å². The molecule has 0 heterocycles. The van der Waals surface area contributed by atoms with Gasteiger partial charge in [0.15, 0.2) is 0 Å². The van der Waals surface area contributed by atoms with E-state index in [1.165, 1.54) is 16.4 Å². The lowest BCUT2D eigenvalue weighted by Crippen LogP contribution is -2.53. The van der Waals surface area contributed by atoms with Gasteiger partial charge in [0.05, 0.1) is 10.6 Å². The monoisotopic (exact) mass is 611 g/mol. The van der Waals surface area contributed by atoms with Crippen LogP contribution in [-0.2, 0) is 39.0 Å². The minimum Gasteiger partial charge on any atom is -0.354 e. The van der Waals surface area contributed by atoms with Gasteiger partial charge in [-0.2, -0.15) is 0 Å². The van der Waals surface area contributed by atoms with Crippen molar-refractivity contribution in [3.05, 3.63) is 131 Å². The van der Waals surface area contributed by atoms with Crippen LogP contribution in [0.2, 0.25) is 0 Å². The van der Waals surface area contributed by atoms with Crippen molar-refractivity contribution in [1.29, 1.82) is 0 Å². The van der Waals surface area contributed by atoms with Crippen LogP contribution in [0.15, 0.2) is 114 Å². The Morgan fingerprint density at radius 1 is 0.773 bits per heavy atom. The molecule has 1 atom stereocenters. The first-order chi connectivity index (χ1) is 21.3. The van der Waals surface area contributed by atoms with Crippen molar-refractivity contribution in [1.82, 2.24) is 10.2 Å². The molecule has 4 aromatic rings. The van der Waals surface area contributed by atoms with E-state index >= 15 is 0 Å². The summed E-state index contributed by atoms with van der Waals surface area (Å²) in [4.78, 5) is 30.0. The van der Waals surface area contributed by atoms with E-state index in [9.17, 15) is 18.0 Å². The van der Waals surface area contributed by atoms with Crippen molar-refractivity contribution in [2.75, 3.05) is 17.4 Å². The average Bonchev–Trinajstić information content (AvgIpc) is 3.05. The molecular weight excluding hydrogens is 570 g/mol. The Kier molecular flexibility index (Phi) is 11.3. The lowest BCUT2D eigenvalue weighted by Gasteiger charge is -2.34. The molecule has 1 N–H and O–H groups in total. The van der Waals surface area contributed by atoms with Crippen LogP contribution in [0.5, 0.6) is 0 Å². The fourth-order valence-electron chi connectivity index (χ4n) is 5.18. The molecule has 4 rings (SSSR count). The summed E-state index contributed by atoms with van der Waals surface area (Å²) in [6.07, 6.45) is 1.60. The number of anilines is 1. The summed E-state index contributed by atoms with van der Waals surface area (Å²) in [5, 5.41) is 2.98. The van der Waals surface area contributed by atoms with Gasteiger partial charge in [-0.05, 0) is 60.2 Å². The number of nitrogens with zero attached hydrogens (tertiary/aromatic N) is 2. The Bertz CT molecular complexity index is 1640. The van der Waals surface area contributed by atoms with Crippen molar-refractivity contribution in [3.63, 3.8) is 0 Å². The number of carbonyl (C=O) groups excluding carboxylic acids is 2. The summed E-state index contributed by atoms with van der Waals surface area (Å²) < 4.78 is 29.6. The van der Waals surface area contributed by atoms with Crippen molar-refractivity contribution in [2.24, 2.45) is 0 Å². The predicted molar refractivity (Wildman–Crippen MR) is 176 cm³/mol. The van der Waals surface area contributed by atoms with Crippen LogP contribution in [0.25, 0.3) is 0 Å². The maximum atomic E-state index is 14.6. The van der Waals surface area contributed by atoms with Crippen molar-refractivity contribution in [3.8, 4) is 0 Å². The first-order valence-corrected chi connectivity index (χ1v) is 16.5. The van der Waals surface area contributed by atoms with Gasteiger partial charge in [0, 0.05) is 19.5 Å². The Labute approximate surface area is 261 Å². The van der Waals surface area contributed by atoms with E-state index in [0.717, 1.165) is 28.7 Å². The third kappa shape index (κ3) is 7.94. The second-order valence-electron chi connectivity index (χ2n) is 10.8. The molecule has 7 nitrogen and oxygen atoms in total. The number of aryl methyl sites for hydroxylation is 2. The molecule has 0 saturated carbocycles. The van der Waals surface area contributed by atoms with E-state index in [-0.39, 0.29) is 23.8 Å². The first kappa shape index (κ1) is 32.5. The van der Waals surface area contributed by atoms with Gasteiger partial charge in [0.25, 0.3) is 10.0 Å². The number of carbonyl (C=O) groups is 2. The molecule has 8 heteroatoms. The molecule has 0 bridgehead atoms. The van der Waals surface area contributed by atoms with Gasteiger partial charge in [0.2, 0.25) is 11.8 Å². The van der Waals surface area contributed by atoms with E-state index in [0.29, 0.717) is 18.7 Å². The lowest BCUT2D eigenvalue weighted by atomic mass is 10.0. The zero-order valence-corrected chi connectivity index (χ0v) is 26.5. The van der Waals surface area contributed by atoms with Gasteiger partial charge < -0.3 is 10.2 Å². The molecule has 44 heavy (non-hydrogen) atoms. The Morgan fingerprint density at radius 3 is 2.00 bits per heavy atom. The number of sulfonamides is 1. The summed E-state index contributed by atoms with van der Waals surface area (Å²) in [6, 6.07) is 31.8. The molecule has 0 fully saturated rings. The smallest absolute Gasteiger partial charge is 0.264 e. The Hall–Kier alpha value is -4.43. The number of benzene rings is 4. The van der Waals surface area contributed by atoms with Crippen molar-refractivity contribution < 1.29 is 18.0 Å². The normalized spacial score (nSPS) is 11.9. The summed E-state index contributed by atoms with van der Waals surface area (Å²) in [7, 11) is -4.13. The molecular formula is C36H41N3O4S. The Balaban J connectivity index is 1.82. The highest BCUT2D eigenvalue weighted by atomic mass is 32.2. The lowest BCUT2D eigenvalue weighted by molar-refractivity contribution is -0.140. The quantitative estimate of drug-likeness (QED) is 0.192. The molecule has 0 radical (unpaired) electrons. The highest BCUT2D eigenvalue weighted by Gasteiger charge is 2.35. The van der Waals surface area contributed by atoms with Crippen LogP contribution in [-0.4, -0.2) is 44.3 Å². The molecule has 2 amide bonds. The minimum absolute atomic E-state index is 0.0886. The number of hydrogen-bond donors (Lipinski definition) is 1.